The molecule has 4 aliphatic carbocycles. The highest BCUT2D eigenvalue weighted by Gasteiger charge is 2.51. The number of rotatable bonds is 13. The Kier molecular flexibility index (Phi) is 10.4. The smallest absolute Gasteiger partial charge is 0.244 e. The summed E-state index contributed by atoms with van der Waals surface area (Å²) in [6.07, 6.45) is 9.74. The van der Waals surface area contributed by atoms with Gasteiger partial charge in [-0.25, -0.2) is 8.42 Å². The van der Waals surface area contributed by atoms with Crippen LogP contribution in [0.25, 0.3) is 0 Å². The van der Waals surface area contributed by atoms with Crippen LogP contribution < -0.4 is 9.62 Å². The van der Waals surface area contributed by atoms with Crippen LogP contribution in [0.4, 0.5) is 5.69 Å². The Morgan fingerprint density at radius 2 is 1.54 bits per heavy atom. The quantitative estimate of drug-likeness (QED) is 0.201. The number of carbonyl (C=O) groups is 2. The number of benzene rings is 3. The summed E-state index contributed by atoms with van der Waals surface area (Å²) in [6, 6.07) is 21.4. The van der Waals surface area contributed by atoms with Crippen molar-refractivity contribution in [2.45, 2.75) is 76.3 Å². The maximum absolute atomic E-state index is 14.4. The minimum atomic E-state index is -3.87. The Morgan fingerprint density at radius 1 is 0.917 bits per heavy atom. The fraction of sp³-hybridized carbons (Fsp3) is 0.474. The van der Waals surface area contributed by atoms with E-state index < -0.39 is 28.5 Å². The van der Waals surface area contributed by atoms with E-state index in [-0.39, 0.29) is 24.3 Å². The Morgan fingerprint density at radius 3 is 2.10 bits per heavy atom. The fourth-order valence-electron chi connectivity index (χ4n) is 8.81. The molecule has 0 saturated heterocycles. The predicted octanol–water partition coefficient (Wildman–Crippen LogP) is 7.39. The molecule has 0 aromatic heterocycles. The van der Waals surface area contributed by atoms with E-state index in [0.717, 1.165) is 40.3 Å². The predicted molar refractivity (Wildman–Crippen MR) is 193 cm³/mol. The molecule has 7 nitrogen and oxygen atoms in total. The van der Waals surface area contributed by atoms with Gasteiger partial charge in [0.25, 0.3) is 0 Å². The van der Waals surface area contributed by atoms with Crippen LogP contribution in [0, 0.1) is 17.8 Å². The average Bonchev–Trinajstić information content (AvgIpc) is 3.04. The van der Waals surface area contributed by atoms with Crippen LogP contribution in [0.1, 0.15) is 68.6 Å². The molecule has 0 aliphatic heterocycles. The number of amides is 2. The molecule has 4 fully saturated rings. The number of anilines is 1. The Balaban J connectivity index is 1.31. The Labute approximate surface area is 295 Å². The first-order valence-electron chi connectivity index (χ1n) is 17.1. The zero-order chi connectivity index (χ0) is 34.1. The lowest BCUT2D eigenvalue weighted by Crippen LogP contribution is -2.53. The highest BCUT2D eigenvalue weighted by Crippen LogP contribution is 2.60. The van der Waals surface area contributed by atoms with Crippen LogP contribution >= 0.6 is 23.2 Å². The van der Waals surface area contributed by atoms with E-state index in [4.69, 9.17) is 23.2 Å². The van der Waals surface area contributed by atoms with E-state index in [1.165, 1.54) is 49.0 Å². The molecule has 4 bridgehead atoms. The molecule has 7 rings (SSSR count). The lowest BCUT2D eigenvalue weighted by atomic mass is 9.48. The first-order chi connectivity index (χ1) is 22.9. The van der Waals surface area contributed by atoms with Crippen LogP contribution in [0.2, 0.25) is 10.0 Å². The number of sulfonamides is 1. The maximum atomic E-state index is 14.4. The second-order valence-electron chi connectivity index (χ2n) is 14.3. The summed E-state index contributed by atoms with van der Waals surface area (Å²) in [5.74, 6) is 1.55. The number of halogens is 2. The van der Waals surface area contributed by atoms with Crippen LogP contribution in [0.3, 0.4) is 0 Å². The van der Waals surface area contributed by atoms with Crippen molar-refractivity contribution in [3.63, 3.8) is 0 Å². The molecule has 1 N–H and O–H groups in total. The summed E-state index contributed by atoms with van der Waals surface area (Å²) in [5.41, 5.74) is 3.35. The van der Waals surface area contributed by atoms with Crippen LogP contribution in [-0.4, -0.2) is 50.5 Å². The van der Waals surface area contributed by atoms with Gasteiger partial charge in [0, 0.05) is 29.6 Å². The fourth-order valence-corrected chi connectivity index (χ4v) is 10.1. The summed E-state index contributed by atoms with van der Waals surface area (Å²) in [7, 11) is -3.87. The normalized spacial score (nSPS) is 23.5. The number of carbonyl (C=O) groups excluding carboxylic acids is 2. The number of hydrogen-bond donors (Lipinski definition) is 1. The van der Waals surface area contributed by atoms with E-state index in [1.54, 1.807) is 18.2 Å². The average molecular weight is 711 g/mol. The molecule has 0 spiro atoms. The van der Waals surface area contributed by atoms with Crippen molar-refractivity contribution in [1.82, 2.24) is 10.2 Å². The molecule has 3 aromatic carbocycles. The molecule has 2 amide bonds. The highest BCUT2D eigenvalue weighted by molar-refractivity contribution is 7.92. The maximum Gasteiger partial charge on any atom is 0.244 e. The van der Waals surface area contributed by atoms with Crippen LogP contribution in [-0.2, 0) is 38.0 Å². The molecule has 0 heterocycles. The van der Waals surface area contributed by atoms with E-state index in [2.05, 4.69) is 17.4 Å². The Hall–Kier alpha value is -3.07. The van der Waals surface area contributed by atoms with E-state index in [1.807, 2.05) is 49.4 Å². The monoisotopic (exact) mass is 709 g/mol. The molecular formula is C38H45Cl2N3O4S. The van der Waals surface area contributed by atoms with Crippen molar-refractivity contribution >= 4 is 50.7 Å². The summed E-state index contributed by atoms with van der Waals surface area (Å²) >= 11 is 12.8. The largest absolute Gasteiger partial charge is 0.354 e. The molecule has 48 heavy (non-hydrogen) atoms. The molecule has 256 valence electrons. The zero-order valence-corrected chi connectivity index (χ0v) is 30.0. The molecular weight excluding hydrogens is 665 g/mol. The third kappa shape index (κ3) is 7.71. The molecule has 4 aliphatic rings. The van der Waals surface area contributed by atoms with Crippen molar-refractivity contribution in [3.8, 4) is 0 Å². The molecule has 0 radical (unpaired) electrons. The van der Waals surface area contributed by atoms with Gasteiger partial charge in [-0.1, -0.05) is 78.7 Å². The highest BCUT2D eigenvalue weighted by atomic mass is 35.5. The van der Waals surface area contributed by atoms with Crippen molar-refractivity contribution < 1.29 is 18.0 Å². The van der Waals surface area contributed by atoms with Gasteiger partial charge in [-0.15, -0.1) is 0 Å². The van der Waals surface area contributed by atoms with Gasteiger partial charge >= 0.3 is 0 Å². The lowest BCUT2D eigenvalue weighted by molar-refractivity contribution is -0.140. The van der Waals surface area contributed by atoms with Crippen molar-refractivity contribution in [3.05, 3.63) is 99.5 Å². The summed E-state index contributed by atoms with van der Waals surface area (Å²) in [6.45, 7) is 1.93. The molecule has 10 heteroatoms. The Bertz CT molecular complexity index is 1700. The number of hydrogen-bond acceptors (Lipinski definition) is 4. The van der Waals surface area contributed by atoms with E-state index in [0.29, 0.717) is 27.8 Å². The number of nitrogens with zero attached hydrogens (tertiary/aromatic N) is 2. The minimum Gasteiger partial charge on any atom is -0.354 e. The lowest BCUT2D eigenvalue weighted by Gasteiger charge is -2.57. The first kappa shape index (κ1) is 34.8. The summed E-state index contributed by atoms with van der Waals surface area (Å²) in [5, 5.41) is 3.76. The van der Waals surface area contributed by atoms with Gasteiger partial charge < -0.3 is 10.2 Å². The third-order valence-corrected chi connectivity index (χ3v) is 12.4. The van der Waals surface area contributed by atoms with Crippen molar-refractivity contribution in [2.24, 2.45) is 17.8 Å². The van der Waals surface area contributed by atoms with Crippen LogP contribution in [0.5, 0.6) is 0 Å². The van der Waals surface area contributed by atoms with Crippen molar-refractivity contribution in [2.75, 3.05) is 23.7 Å². The molecule has 1 atom stereocenters. The molecule has 3 aromatic rings. The number of nitrogens with one attached hydrogen (secondary N) is 1. The van der Waals surface area contributed by atoms with Gasteiger partial charge in [-0.2, -0.15) is 0 Å². The summed E-state index contributed by atoms with van der Waals surface area (Å²) < 4.78 is 27.8. The zero-order valence-electron chi connectivity index (χ0n) is 27.7. The first-order valence-corrected chi connectivity index (χ1v) is 19.7. The van der Waals surface area contributed by atoms with E-state index in [9.17, 15) is 18.0 Å². The SMILES string of the molecule is CCCNC(=O)[C@@H](Cc1ccccc1)N(Cc1ccc(Cl)cc1Cl)C(=O)CN(c1ccc(C23CC4CC(CC(C4)C2)C3)cc1)S(C)(=O)=O. The van der Waals surface area contributed by atoms with Gasteiger partial charge in [0.05, 0.1) is 11.9 Å². The second-order valence-corrected chi connectivity index (χ2v) is 17.0. The van der Waals surface area contributed by atoms with Crippen LogP contribution in [0.15, 0.2) is 72.8 Å². The van der Waals surface area contributed by atoms with Gasteiger partial charge in [0.15, 0.2) is 0 Å². The standard InChI is InChI=1S/C38H45Cl2N3O4S/c1-3-15-41-37(45)35(19-26-7-5-4-6-8-26)42(24-30-9-12-32(39)20-34(30)40)36(44)25-43(48(2,46)47)33-13-10-31(11-14-33)38-21-27-16-28(22-38)18-29(17-27)23-38/h4-14,20,27-29,35H,3,15-19,21-25H2,1-2H3,(H,41,45)/t27?,28?,29?,35-,38?/m1/s1. The van der Waals surface area contributed by atoms with Gasteiger partial charge in [0.2, 0.25) is 21.8 Å². The topological polar surface area (TPSA) is 86.8 Å². The van der Waals surface area contributed by atoms with E-state index >= 15 is 0 Å². The summed E-state index contributed by atoms with van der Waals surface area (Å²) in [4.78, 5) is 29.6. The molecule has 0 unspecified atom stereocenters. The van der Waals surface area contributed by atoms with Gasteiger partial charge in [-0.05, 0) is 109 Å². The van der Waals surface area contributed by atoms with Crippen molar-refractivity contribution in [1.29, 1.82) is 0 Å². The third-order valence-electron chi connectivity index (χ3n) is 10.7. The van der Waals surface area contributed by atoms with Gasteiger partial charge in [-0.3, -0.25) is 13.9 Å². The molecule has 4 saturated carbocycles. The second kappa shape index (κ2) is 14.4. The minimum absolute atomic E-state index is 0.00552. The van der Waals surface area contributed by atoms with Gasteiger partial charge in [0.1, 0.15) is 12.6 Å².